The number of carbonyl (C=O) groups is 1. The van der Waals surface area contributed by atoms with Crippen molar-refractivity contribution in [2.45, 2.75) is 6.61 Å². The smallest absolute Gasteiger partial charge is 0.272 e. The molecule has 0 aliphatic rings. The quantitative estimate of drug-likeness (QED) is 0.114. The molecule has 0 spiro atoms. The largest absolute Gasteiger partial charge is 0.493 e. The van der Waals surface area contributed by atoms with Crippen LogP contribution in [0.25, 0.3) is 22.2 Å². The van der Waals surface area contributed by atoms with Crippen molar-refractivity contribution in [2.75, 3.05) is 7.11 Å². The van der Waals surface area contributed by atoms with Crippen molar-refractivity contribution < 1.29 is 18.7 Å². The second-order valence-electron chi connectivity index (χ2n) is 8.58. The Kier molecular flexibility index (Phi) is 8.12. The predicted molar refractivity (Wildman–Crippen MR) is 159 cm³/mol. The van der Waals surface area contributed by atoms with E-state index in [4.69, 9.17) is 14.5 Å². The van der Waals surface area contributed by atoms with Crippen LogP contribution in [0.1, 0.15) is 21.5 Å². The van der Waals surface area contributed by atoms with Crippen molar-refractivity contribution in [3.63, 3.8) is 0 Å². The molecule has 6 nitrogen and oxygen atoms in total. The number of para-hydroxylation sites is 1. The lowest BCUT2D eigenvalue weighted by Gasteiger charge is -2.14. The first-order valence-corrected chi connectivity index (χ1v) is 13.1. The normalized spacial score (nSPS) is 11.1. The van der Waals surface area contributed by atoms with Gasteiger partial charge in [0.25, 0.3) is 5.91 Å². The maximum Gasteiger partial charge on any atom is 0.272 e. The molecule has 0 radical (unpaired) electrons. The molecule has 0 saturated heterocycles. The Balaban J connectivity index is 1.42. The molecule has 39 heavy (non-hydrogen) atoms. The number of hydrogen-bond acceptors (Lipinski definition) is 5. The minimum absolute atomic E-state index is 0.204. The zero-order chi connectivity index (χ0) is 27.2. The monoisotopic (exact) mass is 631 g/mol. The number of hydrazone groups is 1. The standard InChI is InChI=1S/C31H23FIN3O3/c1-38-29-16-24(33)15-22(30(29)39-19-20-11-13-23(32)14-12-20)18-34-36-31(37)26-17-28(21-7-3-2-4-8-21)35-27-10-6-5-9-25(26)27/h2-18H,19H2,1H3,(H,36,37)/b34-18-. The fraction of sp³-hybridized carbons (Fsp3) is 0.0645. The van der Waals surface area contributed by atoms with Gasteiger partial charge in [-0.15, -0.1) is 0 Å². The second-order valence-corrected chi connectivity index (χ2v) is 9.82. The van der Waals surface area contributed by atoms with E-state index in [2.05, 4.69) is 33.1 Å². The Bertz CT molecular complexity index is 1660. The molecule has 1 amide bonds. The van der Waals surface area contributed by atoms with Gasteiger partial charge in [-0.3, -0.25) is 4.79 Å². The third kappa shape index (κ3) is 6.23. The van der Waals surface area contributed by atoms with Gasteiger partial charge in [0.15, 0.2) is 11.5 Å². The minimum Gasteiger partial charge on any atom is -0.493 e. The summed E-state index contributed by atoms with van der Waals surface area (Å²) in [6, 6.07) is 28.8. The van der Waals surface area contributed by atoms with E-state index >= 15 is 0 Å². The molecule has 1 N–H and O–H groups in total. The Hall–Kier alpha value is -4.31. The number of aromatic nitrogens is 1. The summed E-state index contributed by atoms with van der Waals surface area (Å²) >= 11 is 2.17. The zero-order valence-electron chi connectivity index (χ0n) is 20.9. The number of benzene rings is 4. The van der Waals surface area contributed by atoms with Crippen molar-refractivity contribution in [2.24, 2.45) is 5.10 Å². The second kappa shape index (κ2) is 12.0. The molecular formula is C31H23FIN3O3. The van der Waals surface area contributed by atoms with Crippen LogP contribution in [0.3, 0.4) is 0 Å². The van der Waals surface area contributed by atoms with Crippen molar-refractivity contribution in [1.29, 1.82) is 0 Å². The van der Waals surface area contributed by atoms with Crippen LogP contribution in [0.4, 0.5) is 4.39 Å². The van der Waals surface area contributed by atoms with Crippen LogP contribution in [0.2, 0.25) is 0 Å². The summed E-state index contributed by atoms with van der Waals surface area (Å²) in [6.45, 7) is 0.204. The number of rotatable bonds is 8. The summed E-state index contributed by atoms with van der Waals surface area (Å²) < 4.78 is 25.8. The van der Waals surface area contributed by atoms with E-state index < -0.39 is 0 Å². The molecule has 0 unspecified atom stereocenters. The number of nitrogens with one attached hydrogen (secondary N) is 1. The van der Waals surface area contributed by atoms with Gasteiger partial charge in [-0.25, -0.2) is 14.8 Å². The molecule has 0 aliphatic heterocycles. The lowest BCUT2D eigenvalue weighted by molar-refractivity contribution is 0.0956. The number of pyridine rings is 1. The number of fused-ring (bicyclic) bond motifs is 1. The highest BCUT2D eigenvalue weighted by atomic mass is 127. The molecule has 0 aliphatic carbocycles. The Morgan fingerprint density at radius 1 is 1.00 bits per heavy atom. The van der Waals surface area contributed by atoms with Gasteiger partial charge in [0, 0.05) is 20.1 Å². The molecule has 0 fully saturated rings. The van der Waals surface area contributed by atoms with E-state index in [0.29, 0.717) is 33.8 Å². The van der Waals surface area contributed by atoms with E-state index in [9.17, 15) is 9.18 Å². The molecule has 1 aromatic heterocycles. The summed E-state index contributed by atoms with van der Waals surface area (Å²) in [5.41, 5.74) is 6.84. The van der Waals surface area contributed by atoms with Crippen LogP contribution >= 0.6 is 22.6 Å². The predicted octanol–water partition coefficient (Wildman–Crippen LogP) is 7.00. The highest BCUT2D eigenvalue weighted by Crippen LogP contribution is 2.33. The average Bonchev–Trinajstić information content (AvgIpc) is 2.97. The maximum atomic E-state index is 13.3. The third-order valence-electron chi connectivity index (χ3n) is 5.96. The van der Waals surface area contributed by atoms with Gasteiger partial charge in [-0.05, 0) is 64.6 Å². The Labute approximate surface area is 238 Å². The summed E-state index contributed by atoms with van der Waals surface area (Å²) in [6.07, 6.45) is 1.52. The third-order valence-corrected chi connectivity index (χ3v) is 6.59. The topological polar surface area (TPSA) is 72.8 Å². The first-order chi connectivity index (χ1) is 19.0. The van der Waals surface area contributed by atoms with Gasteiger partial charge in [0.1, 0.15) is 12.4 Å². The van der Waals surface area contributed by atoms with Gasteiger partial charge in [0.05, 0.1) is 30.1 Å². The first kappa shape index (κ1) is 26.3. The van der Waals surface area contributed by atoms with E-state index in [1.54, 1.807) is 25.3 Å². The van der Waals surface area contributed by atoms with Crippen molar-refractivity contribution >= 4 is 45.6 Å². The number of methoxy groups -OCH3 is 1. The molecule has 0 saturated carbocycles. The fourth-order valence-corrected chi connectivity index (χ4v) is 4.69. The van der Waals surface area contributed by atoms with Crippen LogP contribution in [-0.2, 0) is 6.61 Å². The lowest BCUT2D eigenvalue weighted by Crippen LogP contribution is -2.18. The van der Waals surface area contributed by atoms with Gasteiger partial charge in [-0.2, -0.15) is 5.10 Å². The van der Waals surface area contributed by atoms with Crippen LogP contribution in [-0.4, -0.2) is 24.2 Å². The summed E-state index contributed by atoms with van der Waals surface area (Å²) in [5, 5.41) is 4.96. The van der Waals surface area contributed by atoms with Crippen molar-refractivity contribution in [3.05, 3.63) is 123 Å². The van der Waals surface area contributed by atoms with Crippen molar-refractivity contribution in [1.82, 2.24) is 10.4 Å². The molecule has 8 heteroatoms. The SMILES string of the molecule is COc1cc(I)cc(/C=N\NC(=O)c2cc(-c3ccccc3)nc3ccccc23)c1OCc1ccc(F)cc1. The molecule has 1 heterocycles. The van der Waals surface area contributed by atoms with Gasteiger partial charge in [-0.1, -0.05) is 60.7 Å². The van der Waals surface area contributed by atoms with Crippen LogP contribution < -0.4 is 14.9 Å². The zero-order valence-corrected chi connectivity index (χ0v) is 23.1. The number of ether oxygens (including phenoxy) is 2. The minimum atomic E-state index is -0.367. The number of carbonyl (C=O) groups excluding carboxylic acids is 1. The van der Waals surface area contributed by atoms with Crippen LogP contribution in [0.5, 0.6) is 11.5 Å². The van der Waals surface area contributed by atoms with Crippen molar-refractivity contribution in [3.8, 4) is 22.8 Å². The highest BCUT2D eigenvalue weighted by molar-refractivity contribution is 14.1. The molecule has 194 valence electrons. The molecule has 0 bridgehead atoms. The van der Waals surface area contributed by atoms with Gasteiger partial charge in [0.2, 0.25) is 0 Å². The summed E-state index contributed by atoms with van der Waals surface area (Å²) in [7, 11) is 1.55. The number of nitrogens with zero attached hydrogens (tertiary/aromatic N) is 2. The fourth-order valence-electron chi connectivity index (χ4n) is 4.07. The molecular weight excluding hydrogens is 608 g/mol. The molecule has 5 rings (SSSR count). The Morgan fingerprint density at radius 3 is 2.51 bits per heavy atom. The lowest BCUT2D eigenvalue weighted by atomic mass is 10.0. The van der Waals surface area contributed by atoms with E-state index in [1.807, 2.05) is 66.7 Å². The van der Waals surface area contributed by atoms with Crippen LogP contribution in [0.15, 0.2) is 102 Å². The average molecular weight is 631 g/mol. The first-order valence-electron chi connectivity index (χ1n) is 12.0. The summed E-state index contributed by atoms with van der Waals surface area (Å²) in [5.74, 6) is 0.297. The number of halogens is 2. The molecule has 5 aromatic rings. The van der Waals surface area contributed by atoms with Gasteiger partial charge < -0.3 is 9.47 Å². The number of amides is 1. The van der Waals surface area contributed by atoms with E-state index in [1.165, 1.54) is 18.3 Å². The van der Waals surface area contributed by atoms with E-state index in [0.717, 1.165) is 20.1 Å². The summed E-state index contributed by atoms with van der Waals surface area (Å²) in [4.78, 5) is 18.0. The molecule has 0 atom stereocenters. The van der Waals surface area contributed by atoms with Crippen LogP contribution in [0, 0.1) is 9.39 Å². The number of hydrogen-bond donors (Lipinski definition) is 1. The van der Waals surface area contributed by atoms with Gasteiger partial charge >= 0.3 is 0 Å². The maximum absolute atomic E-state index is 13.3. The molecule has 4 aromatic carbocycles. The van der Waals surface area contributed by atoms with E-state index in [-0.39, 0.29) is 18.3 Å². The highest BCUT2D eigenvalue weighted by Gasteiger charge is 2.15. The Morgan fingerprint density at radius 2 is 1.74 bits per heavy atom.